The summed E-state index contributed by atoms with van der Waals surface area (Å²) in [7, 11) is 4.17. The zero-order valence-corrected chi connectivity index (χ0v) is 17.4. The van der Waals surface area contributed by atoms with Gasteiger partial charge in [-0.05, 0) is 38.1 Å². The number of aliphatic imine (C=N–C) groups is 1. The normalized spacial score (nSPS) is 12.5. The van der Waals surface area contributed by atoms with Crippen LogP contribution in [0.1, 0.15) is 11.1 Å². The zero-order chi connectivity index (χ0) is 17.2. The maximum atomic E-state index is 6.00. The summed E-state index contributed by atoms with van der Waals surface area (Å²) in [6.07, 6.45) is 1.91. The van der Waals surface area contributed by atoms with Gasteiger partial charge >= 0.3 is 0 Å². The van der Waals surface area contributed by atoms with Crippen LogP contribution in [0, 0.1) is 0 Å². The van der Waals surface area contributed by atoms with Crippen LogP contribution in [0.4, 0.5) is 0 Å². The molecule has 0 amide bonds. The summed E-state index contributed by atoms with van der Waals surface area (Å²) < 4.78 is 0. The Balaban J connectivity index is 0.00000312. The Labute approximate surface area is 168 Å². The van der Waals surface area contributed by atoms with Gasteiger partial charge in [0.05, 0.1) is 6.54 Å². The van der Waals surface area contributed by atoms with Gasteiger partial charge in [0.25, 0.3) is 0 Å². The van der Waals surface area contributed by atoms with Gasteiger partial charge in [-0.3, -0.25) is 4.99 Å². The number of nitrogens with two attached hydrogens (primary N) is 1. The predicted octanol–water partition coefficient (Wildman–Crippen LogP) is 2.92. The largest absolute Gasteiger partial charge is 0.370 e. The standard InChI is InChI=1S/C20H28N4.HI/c1-24(2)19(15-18-11-7-4-8-12-18)16-23-20(21)22-14-13-17-9-5-3-6-10-17;/h3-12,19H,13-16H2,1-2H3,(H3,21,22,23);1H. The molecule has 0 fully saturated rings. The van der Waals surface area contributed by atoms with Crippen molar-refractivity contribution in [1.29, 1.82) is 0 Å². The van der Waals surface area contributed by atoms with Crippen molar-refractivity contribution in [1.82, 2.24) is 10.2 Å². The number of benzene rings is 2. The van der Waals surface area contributed by atoms with Gasteiger partial charge in [-0.15, -0.1) is 24.0 Å². The molecule has 1 unspecified atom stereocenters. The van der Waals surface area contributed by atoms with E-state index in [1.807, 2.05) is 12.1 Å². The van der Waals surface area contributed by atoms with Crippen LogP contribution >= 0.6 is 24.0 Å². The molecule has 2 aromatic carbocycles. The molecule has 4 nitrogen and oxygen atoms in total. The number of rotatable bonds is 8. The van der Waals surface area contributed by atoms with E-state index in [1.165, 1.54) is 11.1 Å². The Morgan fingerprint density at radius 1 is 1.00 bits per heavy atom. The van der Waals surface area contributed by atoms with Crippen LogP contribution in [0.3, 0.4) is 0 Å². The summed E-state index contributed by atoms with van der Waals surface area (Å²) >= 11 is 0. The van der Waals surface area contributed by atoms with Gasteiger partial charge in [0, 0.05) is 12.6 Å². The van der Waals surface area contributed by atoms with Crippen LogP contribution in [0.15, 0.2) is 65.7 Å². The first-order valence-corrected chi connectivity index (χ1v) is 8.43. The molecule has 136 valence electrons. The van der Waals surface area contributed by atoms with E-state index in [1.54, 1.807) is 0 Å². The summed E-state index contributed by atoms with van der Waals surface area (Å²) in [6.45, 7) is 1.48. The van der Waals surface area contributed by atoms with Gasteiger partial charge in [-0.25, -0.2) is 0 Å². The van der Waals surface area contributed by atoms with Crippen molar-refractivity contribution in [2.75, 3.05) is 27.2 Å². The van der Waals surface area contributed by atoms with E-state index in [4.69, 9.17) is 5.73 Å². The molecule has 0 saturated carbocycles. The number of halogens is 1. The maximum Gasteiger partial charge on any atom is 0.188 e. The Morgan fingerprint density at radius 3 is 2.12 bits per heavy atom. The zero-order valence-electron chi connectivity index (χ0n) is 15.1. The first-order valence-electron chi connectivity index (χ1n) is 8.43. The van der Waals surface area contributed by atoms with E-state index in [2.05, 4.69) is 77.8 Å². The molecule has 25 heavy (non-hydrogen) atoms. The lowest BCUT2D eigenvalue weighted by atomic mass is 10.1. The van der Waals surface area contributed by atoms with Gasteiger partial charge in [0.2, 0.25) is 0 Å². The van der Waals surface area contributed by atoms with Crippen LogP contribution in [0.2, 0.25) is 0 Å². The highest BCUT2D eigenvalue weighted by atomic mass is 127. The van der Waals surface area contributed by atoms with E-state index in [0.29, 0.717) is 18.5 Å². The molecule has 0 bridgehead atoms. The molecule has 2 aromatic rings. The molecule has 0 radical (unpaired) electrons. The minimum Gasteiger partial charge on any atom is -0.370 e. The van der Waals surface area contributed by atoms with Crippen LogP contribution in [-0.4, -0.2) is 44.1 Å². The first kappa shape index (κ1) is 21.4. The molecule has 3 N–H and O–H groups in total. The summed E-state index contributed by atoms with van der Waals surface area (Å²) in [6, 6.07) is 21.2. The average Bonchev–Trinajstić information content (AvgIpc) is 2.60. The van der Waals surface area contributed by atoms with E-state index < -0.39 is 0 Å². The molecule has 2 rings (SSSR count). The van der Waals surface area contributed by atoms with Crippen molar-refractivity contribution in [3.05, 3.63) is 71.8 Å². The topological polar surface area (TPSA) is 53.6 Å². The molecular weight excluding hydrogens is 423 g/mol. The van der Waals surface area contributed by atoms with Crippen LogP contribution in [0.25, 0.3) is 0 Å². The predicted molar refractivity (Wildman–Crippen MR) is 118 cm³/mol. The summed E-state index contributed by atoms with van der Waals surface area (Å²) in [5, 5.41) is 3.20. The van der Waals surface area contributed by atoms with Crippen molar-refractivity contribution in [2.24, 2.45) is 10.7 Å². The molecule has 5 heteroatoms. The lowest BCUT2D eigenvalue weighted by Crippen LogP contribution is -2.37. The second-order valence-electron chi connectivity index (χ2n) is 6.20. The van der Waals surface area contributed by atoms with Crippen molar-refractivity contribution in [3.63, 3.8) is 0 Å². The lowest BCUT2D eigenvalue weighted by molar-refractivity contribution is 0.298. The smallest absolute Gasteiger partial charge is 0.188 e. The Morgan fingerprint density at radius 2 is 1.56 bits per heavy atom. The quantitative estimate of drug-likeness (QED) is 0.368. The molecule has 0 aliphatic carbocycles. The Bertz CT molecular complexity index is 614. The molecule has 0 spiro atoms. The monoisotopic (exact) mass is 452 g/mol. The molecule has 0 aromatic heterocycles. The van der Waals surface area contributed by atoms with Crippen LogP contribution < -0.4 is 11.1 Å². The third kappa shape index (κ3) is 8.36. The van der Waals surface area contributed by atoms with Crippen molar-refractivity contribution in [2.45, 2.75) is 18.9 Å². The molecule has 0 heterocycles. The number of likely N-dealkylation sites (N-methyl/N-ethyl adjacent to an activating group) is 1. The lowest BCUT2D eigenvalue weighted by Gasteiger charge is -2.23. The van der Waals surface area contributed by atoms with E-state index >= 15 is 0 Å². The van der Waals surface area contributed by atoms with Gasteiger partial charge in [0.15, 0.2) is 5.96 Å². The molecule has 0 aliphatic heterocycles. The average molecular weight is 452 g/mol. The molecule has 0 saturated heterocycles. The third-order valence-electron chi connectivity index (χ3n) is 4.08. The Kier molecular flexibility index (Phi) is 10.2. The number of hydrogen-bond donors (Lipinski definition) is 2. The minimum atomic E-state index is 0. The highest BCUT2D eigenvalue weighted by molar-refractivity contribution is 14.0. The number of guanidine groups is 1. The highest BCUT2D eigenvalue weighted by Crippen LogP contribution is 2.07. The van der Waals surface area contributed by atoms with E-state index in [9.17, 15) is 0 Å². The number of hydrogen-bond acceptors (Lipinski definition) is 2. The van der Waals surface area contributed by atoms with Gasteiger partial charge in [0.1, 0.15) is 0 Å². The summed E-state index contributed by atoms with van der Waals surface area (Å²) in [5.74, 6) is 0.519. The molecular formula is C20H29IN4. The fourth-order valence-corrected chi connectivity index (χ4v) is 2.54. The van der Waals surface area contributed by atoms with Gasteiger partial charge in [-0.1, -0.05) is 60.7 Å². The fraction of sp³-hybridized carbons (Fsp3) is 0.350. The van der Waals surface area contributed by atoms with Gasteiger partial charge in [-0.2, -0.15) is 0 Å². The SMILES string of the molecule is CN(C)C(CN=C(N)NCCc1ccccc1)Cc1ccccc1.I. The maximum absolute atomic E-state index is 6.00. The molecule has 0 aliphatic rings. The van der Waals surface area contributed by atoms with E-state index in [-0.39, 0.29) is 24.0 Å². The Hall–Kier alpha value is -1.60. The van der Waals surface area contributed by atoms with Gasteiger partial charge < -0.3 is 16.0 Å². The van der Waals surface area contributed by atoms with Crippen molar-refractivity contribution < 1.29 is 0 Å². The first-order chi connectivity index (χ1) is 11.6. The number of nitrogens with zero attached hydrogens (tertiary/aromatic N) is 2. The van der Waals surface area contributed by atoms with Crippen LogP contribution in [0.5, 0.6) is 0 Å². The highest BCUT2D eigenvalue weighted by Gasteiger charge is 2.11. The second-order valence-corrected chi connectivity index (χ2v) is 6.20. The summed E-state index contributed by atoms with van der Waals surface area (Å²) in [4.78, 5) is 6.72. The fourth-order valence-electron chi connectivity index (χ4n) is 2.54. The minimum absolute atomic E-state index is 0. The summed E-state index contributed by atoms with van der Waals surface area (Å²) in [5.41, 5.74) is 8.62. The van der Waals surface area contributed by atoms with Crippen molar-refractivity contribution >= 4 is 29.9 Å². The van der Waals surface area contributed by atoms with Crippen molar-refractivity contribution in [3.8, 4) is 0 Å². The van der Waals surface area contributed by atoms with Crippen LogP contribution in [-0.2, 0) is 12.8 Å². The second kappa shape index (κ2) is 11.9. The van der Waals surface area contributed by atoms with E-state index in [0.717, 1.165) is 19.4 Å². The third-order valence-corrected chi connectivity index (χ3v) is 4.08. The number of nitrogens with one attached hydrogen (secondary N) is 1. The molecule has 1 atom stereocenters.